The molecule has 0 atom stereocenters. The highest BCUT2D eigenvalue weighted by Gasteiger charge is 2.15. The molecule has 0 fully saturated rings. The van der Waals surface area contributed by atoms with Gasteiger partial charge in [-0.25, -0.2) is 14.8 Å². The molecule has 0 saturated heterocycles. The van der Waals surface area contributed by atoms with Crippen molar-refractivity contribution in [2.45, 2.75) is 6.61 Å². The average molecular weight is 320 g/mol. The number of nitrogens with two attached hydrogens (primary N) is 1. The molecule has 0 spiro atoms. The van der Waals surface area contributed by atoms with E-state index in [4.69, 9.17) is 10.5 Å². The first-order valence-corrected chi connectivity index (χ1v) is 7.20. The lowest BCUT2D eigenvalue weighted by Crippen LogP contribution is -2.09. The molecule has 8 nitrogen and oxygen atoms in total. The molecule has 2 heterocycles. The number of esters is 1. The molecule has 0 unspecified atom stereocenters. The molecule has 0 amide bonds. The van der Waals surface area contributed by atoms with E-state index in [1.54, 1.807) is 18.2 Å². The molecule has 4 rings (SSSR count). The van der Waals surface area contributed by atoms with Crippen LogP contribution in [0.3, 0.4) is 0 Å². The largest absolute Gasteiger partial charge is 0.454 e. The summed E-state index contributed by atoms with van der Waals surface area (Å²) >= 11 is 0. The third-order valence-electron chi connectivity index (χ3n) is 3.58. The van der Waals surface area contributed by atoms with Gasteiger partial charge in [0.15, 0.2) is 12.4 Å². The molecule has 24 heavy (non-hydrogen) atoms. The number of ether oxygens (including phenoxy) is 1. The van der Waals surface area contributed by atoms with E-state index in [0.717, 1.165) is 5.39 Å². The Morgan fingerprint density at radius 3 is 2.79 bits per heavy atom. The lowest BCUT2D eigenvalue weighted by atomic mass is 10.2. The van der Waals surface area contributed by atoms with Crippen LogP contribution in [0.2, 0.25) is 0 Å². The fourth-order valence-corrected chi connectivity index (χ4v) is 2.46. The third kappa shape index (κ3) is 2.39. The molecule has 0 saturated carbocycles. The zero-order chi connectivity index (χ0) is 16.5. The van der Waals surface area contributed by atoms with Gasteiger partial charge in [0.1, 0.15) is 16.9 Å². The summed E-state index contributed by atoms with van der Waals surface area (Å²) in [4.78, 5) is 20.8. The van der Waals surface area contributed by atoms with Crippen LogP contribution in [0.1, 0.15) is 16.2 Å². The number of anilines is 1. The van der Waals surface area contributed by atoms with Crippen molar-refractivity contribution in [3.63, 3.8) is 0 Å². The summed E-state index contributed by atoms with van der Waals surface area (Å²) in [5.74, 6) is 0.168. The van der Waals surface area contributed by atoms with Crippen LogP contribution in [-0.4, -0.2) is 31.3 Å². The van der Waals surface area contributed by atoms with Crippen molar-refractivity contribution >= 4 is 33.7 Å². The summed E-state index contributed by atoms with van der Waals surface area (Å²) in [5.41, 5.74) is 8.01. The number of benzene rings is 2. The smallest absolute Gasteiger partial charge is 0.340 e. The second kappa shape index (κ2) is 5.58. The summed E-state index contributed by atoms with van der Waals surface area (Å²) < 4.78 is 5.29. The number of rotatable bonds is 3. The van der Waals surface area contributed by atoms with Crippen molar-refractivity contribution in [1.29, 1.82) is 0 Å². The van der Waals surface area contributed by atoms with Crippen LogP contribution in [0.15, 0.2) is 42.5 Å². The number of nitrogen functional groups attached to an aromatic ring is 1. The number of aromatic amines is 1. The molecule has 118 valence electrons. The van der Waals surface area contributed by atoms with Gasteiger partial charge in [-0.15, -0.1) is 0 Å². The SMILES string of the molecule is Nc1nc(COC(=O)c2cccc3n[nH]nc23)nc2ccccc12. The van der Waals surface area contributed by atoms with E-state index >= 15 is 0 Å². The van der Waals surface area contributed by atoms with Crippen LogP contribution in [0, 0.1) is 0 Å². The first-order valence-electron chi connectivity index (χ1n) is 7.20. The summed E-state index contributed by atoms with van der Waals surface area (Å²) in [7, 11) is 0. The third-order valence-corrected chi connectivity index (χ3v) is 3.58. The lowest BCUT2D eigenvalue weighted by Gasteiger charge is -2.07. The summed E-state index contributed by atoms with van der Waals surface area (Å²) in [6.45, 7) is -0.0812. The highest BCUT2D eigenvalue weighted by Crippen LogP contribution is 2.18. The van der Waals surface area contributed by atoms with Crippen LogP contribution >= 0.6 is 0 Å². The van der Waals surface area contributed by atoms with Gasteiger partial charge in [-0.1, -0.05) is 18.2 Å². The van der Waals surface area contributed by atoms with Gasteiger partial charge in [0.05, 0.1) is 11.1 Å². The van der Waals surface area contributed by atoms with E-state index in [-0.39, 0.29) is 6.61 Å². The van der Waals surface area contributed by atoms with E-state index in [1.165, 1.54) is 0 Å². The number of nitrogens with zero attached hydrogens (tertiary/aromatic N) is 4. The zero-order valence-electron chi connectivity index (χ0n) is 12.4. The fraction of sp³-hybridized carbons (Fsp3) is 0.0625. The highest BCUT2D eigenvalue weighted by molar-refractivity contribution is 6.01. The molecular formula is C16H12N6O2. The molecule has 2 aromatic heterocycles. The van der Waals surface area contributed by atoms with Gasteiger partial charge in [-0.2, -0.15) is 15.4 Å². The van der Waals surface area contributed by atoms with E-state index < -0.39 is 5.97 Å². The predicted molar refractivity (Wildman–Crippen MR) is 87.0 cm³/mol. The Morgan fingerprint density at radius 2 is 1.88 bits per heavy atom. The summed E-state index contributed by atoms with van der Waals surface area (Å²) in [6, 6.07) is 12.5. The van der Waals surface area contributed by atoms with Crippen molar-refractivity contribution < 1.29 is 9.53 Å². The Kier molecular flexibility index (Phi) is 3.27. The molecule has 0 aliphatic rings. The maximum Gasteiger partial charge on any atom is 0.340 e. The molecule has 0 aliphatic heterocycles. The predicted octanol–water partition coefficient (Wildman–Crippen LogP) is 1.84. The number of aromatic nitrogens is 5. The average Bonchev–Trinajstić information content (AvgIpc) is 3.08. The van der Waals surface area contributed by atoms with Gasteiger partial charge < -0.3 is 10.5 Å². The lowest BCUT2D eigenvalue weighted by molar-refractivity contribution is 0.0465. The van der Waals surface area contributed by atoms with E-state index in [2.05, 4.69) is 25.4 Å². The second-order valence-corrected chi connectivity index (χ2v) is 5.12. The molecule has 3 N–H and O–H groups in total. The Balaban J connectivity index is 1.58. The highest BCUT2D eigenvalue weighted by atomic mass is 16.5. The number of nitrogens with one attached hydrogen (secondary N) is 1. The maximum atomic E-state index is 12.3. The van der Waals surface area contributed by atoms with Gasteiger partial charge in [-0.05, 0) is 24.3 Å². The zero-order valence-corrected chi connectivity index (χ0v) is 12.4. The first kappa shape index (κ1) is 14.1. The minimum absolute atomic E-state index is 0.0812. The quantitative estimate of drug-likeness (QED) is 0.553. The van der Waals surface area contributed by atoms with Gasteiger partial charge in [0.2, 0.25) is 0 Å². The van der Waals surface area contributed by atoms with E-state index in [0.29, 0.717) is 33.8 Å². The number of para-hydroxylation sites is 2. The Labute approximate surface area is 135 Å². The standard InChI is InChI=1S/C16H12N6O2/c17-15-9-4-1-2-6-11(9)18-13(19-15)8-24-16(23)10-5-3-7-12-14(10)21-22-20-12/h1-7H,8H2,(H2,17,18,19)(H,20,21,22). The summed E-state index contributed by atoms with van der Waals surface area (Å²) in [5, 5.41) is 11.2. The van der Waals surface area contributed by atoms with Crippen LogP contribution < -0.4 is 5.73 Å². The second-order valence-electron chi connectivity index (χ2n) is 5.12. The number of fused-ring (bicyclic) bond motifs is 2. The Hall–Kier alpha value is -3.55. The monoisotopic (exact) mass is 320 g/mol. The molecule has 8 heteroatoms. The molecule has 0 aliphatic carbocycles. The van der Waals surface area contributed by atoms with Gasteiger partial charge in [0.25, 0.3) is 0 Å². The van der Waals surface area contributed by atoms with Crippen LogP contribution in [0.4, 0.5) is 5.82 Å². The minimum Gasteiger partial charge on any atom is -0.454 e. The molecule has 2 aromatic carbocycles. The molecular weight excluding hydrogens is 308 g/mol. The number of H-pyrrole nitrogens is 1. The Bertz CT molecular complexity index is 1060. The fourth-order valence-electron chi connectivity index (χ4n) is 2.46. The van der Waals surface area contributed by atoms with Crippen molar-refractivity contribution in [2.75, 3.05) is 5.73 Å². The number of hydrogen-bond donors (Lipinski definition) is 2. The minimum atomic E-state index is -0.523. The molecule has 4 aromatic rings. The normalized spacial score (nSPS) is 11.0. The van der Waals surface area contributed by atoms with Crippen LogP contribution in [0.25, 0.3) is 21.9 Å². The van der Waals surface area contributed by atoms with E-state index in [1.807, 2.05) is 24.3 Å². The van der Waals surface area contributed by atoms with Crippen molar-refractivity contribution in [3.05, 3.63) is 53.9 Å². The van der Waals surface area contributed by atoms with Crippen LogP contribution in [0.5, 0.6) is 0 Å². The first-order chi connectivity index (χ1) is 11.7. The Morgan fingerprint density at radius 1 is 1.04 bits per heavy atom. The number of carbonyl (C=O) groups excluding carboxylic acids is 1. The number of hydrogen-bond acceptors (Lipinski definition) is 7. The van der Waals surface area contributed by atoms with Crippen molar-refractivity contribution in [1.82, 2.24) is 25.4 Å². The van der Waals surface area contributed by atoms with Gasteiger partial charge >= 0.3 is 5.97 Å². The maximum absolute atomic E-state index is 12.3. The molecule has 0 radical (unpaired) electrons. The van der Waals surface area contributed by atoms with Crippen LogP contribution in [-0.2, 0) is 11.3 Å². The van der Waals surface area contributed by atoms with Crippen molar-refractivity contribution in [2.24, 2.45) is 0 Å². The molecule has 0 bridgehead atoms. The summed E-state index contributed by atoms with van der Waals surface area (Å²) in [6.07, 6.45) is 0. The van der Waals surface area contributed by atoms with Gasteiger partial charge in [0, 0.05) is 5.39 Å². The van der Waals surface area contributed by atoms with Gasteiger partial charge in [-0.3, -0.25) is 0 Å². The van der Waals surface area contributed by atoms with Crippen molar-refractivity contribution in [3.8, 4) is 0 Å². The van der Waals surface area contributed by atoms with E-state index in [9.17, 15) is 4.79 Å². The topological polar surface area (TPSA) is 120 Å². The number of carbonyl (C=O) groups is 1.